The number of benzene rings is 1. The van der Waals surface area contributed by atoms with Crippen LogP contribution in [0.3, 0.4) is 0 Å². The lowest BCUT2D eigenvalue weighted by Crippen LogP contribution is -2.52. The van der Waals surface area contributed by atoms with Gasteiger partial charge in [0.2, 0.25) is 17.8 Å². The maximum atomic E-state index is 12.7. The number of nitrogens with one attached hydrogen (secondary N) is 1. The van der Waals surface area contributed by atoms with Crippen molar-refractivity contribution in [3.8, 4) is 5.75 Å². The summed E-state index contributed by atoms with van der Waals surface area (Å²) >= 11 is 0. The van der Waals surface area contributed by atoms with Gasteiger partial charge in [0, 0.05) is 38.6 Å². The third kappa shape index (κ3) is 5.66. The molecule has 0 atom stereocenters. The third-order valence-corrected chi connectivity index (χ3v) is 5.02. The van der Waals surface area contributed by atoms with E-state index in [9.17, 15) is 9.59 Å². The van der Waals surface area contributed by atoms with Crippen molar-refractivity contribution in [1.29, 1.82) is 0 Å². The Morgan fingerprint density at radius 3 is 2.43 bits per heavy atom. The zero-order valence-electron chi connectivity index (χ0n) is 17.5. The van der Waals surface area contributed by atoms with Crippen molar-refractivity contribution in [3.63, 3.8) is 0 Å². The van der Waals surface area contributed by atoms with Crippen LogP contribution in [0.2, 0.25) is 0 Å². The molecule has 9 nitrogen and oxygen atoms in total. The van der Waals surface area contributed by atoms with E-state index >= 15 is 0 Å². The van der Waals surface area contributed by atoms with Crippen molar-refractivity contribution in [2.45, 2.75) is 6.92 Å². The van der Waals surface area contributed by atoms with E-state index in [0.717, 1.165) is 0 Å². The van der Waals surface area contributed by atoms with Crippen LogP contribution in [-0.4, -0.2) is 84.5 Å². The Hall–Kier alpha value is -3.20. The molecule has 2 heterocycles. The van der Waals surface area contributed by atoms with E-state index in [1.807, 2.05) is 28.9 Å². The predicted molar refractivity (Wildman–Crippen MR) is 115 cm³/mol. The number of nitrogens with zero attached hydrogens (tertiary/aromatic N) is 5. The zero-order valence-corrected chi connectivity index (χ0v) is 17.5. The monoisotopic (exact) mass is 412 g/mol. The Kier molecular flexibility index (Phi) is 7.56. The molecule has 160 valence electrons. The standard InChI is InChI=1S/C21H28N6O3/c1-3-25(15-19(28)24-17-7-4-5-8-18(17)30-2)16-20(29)26-11-13-27(14-12-26)21-22-9-6-10-23-21/h4-10H,3,11-16H2,1-2H3,(H,24,28). The Bertz CT molecular complexity index is 840. The zero-order chi connectivity index (χ0) is 21.3. The van der Waals surface area contributed by atoms with Crippen molar-refractivity contribution in [3.05, 3.63) is 42.7 Å². The first-order valence-electron chi connectivity index (χ1n) is 10.1. The van der Waals surface area contributed by atoms with E-state index in [4.69, 9.17) is 4.74 Å². The van der Waals surface area contributed by atoms with E-state index < -0.39 is 0 Å². The lowest BCUT2D eigenvalue weighted by molar-refractivity contribution is -0.133. The minimum absolute atomic E-state index is 0.0237. The highest BCUT2D eigenvalue weighted by Gasteiger charge is 2.24. The summed E-state index contributed by atoms with van der Waals surface area (Å²) in [5.41, 5.74) is 0.617. The first-order chi connectivity index (χ1) is 14.6. The van der Waals surface area contributed by atoms with Crippen molar-refractivity contribution in [2.24, 2.45) is 0 Å². The molecule has 30 heavy (non-hydrogen) atoms. The number of piperazine rings is 1. The number of para-hydroxylation sites is 2. The molecule has 2 aromatic rings. The quantitative estimate of drug-likeness (QED) is 0.694. The molecule has 0 radical (unpaired) electrons. The number of aromatic nitrogens is 2. The molecule has 9 heteroatoms. The molecule has 0 unspecified atom stereocenters. The van der Waals surface area contributed by atoms with E-state index in [1.165, 1.54) is 0 Å². The number of methoxy groups -OCH3 is 1. The molecule has 0 saturated carbocycles. The summed E-state index contributed by atoms with van der Waals surface area (Å²) in [7, 11) is 1.56. The van der Waals surface area contributed by atoms with Crippen molar-refractivity contribution < 1.29 is 14.3 Å². The van der Waals surface area contributed by atoms with Gasteiger partial charge in [0.1, 0.15) is 5.75 Å². The van der Waals surface area contributed by atoms with Gasteiger partial charge in [-0.05, 0) is 24.7 Å². The largest absolute Gasteiger partial charge is 0.495 e. The number of rotatable bonds is 8. The minimum atomic E-state index is -0.180. The molecule has 1 fully saturated rings. The van der Waals surface area contributed by atoms with E-state index in [1.54, 1.807) is 37.7 Å². The maximum Gasteiger partial charge on any atom is 0.238 e. The molecule has 3 rings (SSSR count). The van der Waals surface area contributed by atoms with Gasteiger partial charge in [0.15, 0.2) is 0 Å². The van der Waals surface area contributed by atoms with Gasteiger partial charge >= 0.3 is 0 Å². The Balaban J connectivity index is 1.48. The van der Waals surface area contributed by atoms with Crippen molar-refractivity contribution >= 4 is 23.5 Å². The van der Waals surface area contributed by atoms with Crippen LogP contribution < -0.4 is 15.0 Å². The number of hydrogen-bond acceptors (Lipinski definition) is 7. The number of amides is 2. The lowest BCUT2D eigenvalue weighted by atomic mass is 10.3. The summed E-state index contributed by atoms with van der Waals surface area (Å²) in [6.07, 6.45) is 3.43. The molecule has 0 spiro atoms. The van der Waals surface area contributed by atoms with Crippen LogP contribution >= 0.6 is 0 Å². The number of carbonyl (C=O) groups is 2. The van der Waals surface area contributed by atoms with Gasteiger partial charge in [-0.1, -0.05) is 19.1 Å². The molecule has 1 aliphatic rings. The summed E-state index contributed by atoms with van der Waals surface area (Å²) < 4.78 is 5.26. The van der Waals surface area contributed by atoms with E-state index in [-0.39, 0.29) is 24.9 Å². The van der Waals surface area contributed by atoms with Gasteiger partial charge in [-0.25, -0.2) is 9.97 Å². The van der Waals surface area contributed by atoms with Gasteiger partial charge in [-0.2, -0.15) is 0 Å². The van der Waals surface area contributed by atoms with Crippen LogP contribution in [0.4, 0.5) is 11.6 Å². The first kappa shape index (κ1) is 21.5. The van der Waals surface area contributed by atoms with Crippen molar-refractivity contribution in [2.75, 3.05) is 63.1 Å². The van der Waals surface area contributed by atoms with Gasteiger partial charge in [-0.3, -0.25) is 14.5 Å². The van der Waals surface area contributed by atoms with E-state index in [0.29, 0.717) is 50.1 Å². The van der Waals surface area contributed by atoms with Gasteiger partial charge in [0.05, 0.1) is 25.9 Å². The molecule has 1 aliphatic heterocycles. The first-order valence-corrected chi connectivity index (χ1v) is 10.1. The smallest absolute Gasteiger partial charge is 0.238 e. The fraction of sp³-hybridized carbons (Fsp3) is 0.429. The van der Waals surface area contributed by atoms with Gasteiger partial charge in [0.25, 0.3) is 0 Å². The Labute approximate surface area is 176 Å². The summed E-state index contributed by atoms with van der Waals surface area (Å²) in [6, 6.07) is 9.03. The molecule has 2 amide bonds. The Morgan fingerprint density at radius 2 is 1.77 bits per heavy atom. The number of anilines is 2. The minimum Gasteiger partial charge on any atom is -0.495 e. The molecule has 0 aliphatic carbocycles. The average molecular weight is 412 g/mol. The van der Waals surface area contributed by atoms with Crippen LogP contribution in [0.15, 0.2) is 42.7 Å². The third-order valence-electron chi connectivity index (χ3n) is 5.02. The summed E-state index contributed by atoms with van der Waals surface area (Å²) in [5, 5.41) is 2.85. The molecule has 1 aromatic heterocycles. The van der Waals surface area contributed by atoms with Crippen molar-refractivity contribution in [1.82, 2.24) is 19.8 Å². The van der Waals surface area contributed by atoms with Crippen LogP contribution in [0.5, 0.6) is 5.75 Å². The topological polar surface area (TPSA) is 90.9 Å². The lowest BCUT2D eigenvalue weighted by Gasteiger charge is -2.35. The SMILES string of the molecule is CCN(CC(=O)Nc1ccccc1OC)CC(=O)N1CCN(c2ncccn2)CC1. The normalized spacial score (nSPS) is 14.0. The fourth-order valence-electron chi connectivity index (χ4n) is 3.32. The Morgan fingerprint density at radius 1 is 1.07 bits per heavy atom. The van der Waals surface area contributed by atoms with Gasteiger partial charge < -0.3 is 19.9 Å². The molecule has 1 aromatic carbocycles. The van der Waals surface area contributed by atoms with E-state index in [2.05, 4.69) is 20.2 Å². The molecule has 0 bridgehead atoms. The second kappa shape index (κ2) is 10.5. The number of hydrogen-bond donors (Lipinski definition) is 1. The van der Waals surface area contributed by atoms with Crippen LogP contribution in [0.1, 0.15) is 6.92 Å². The highest BCUT2D eigenvalue weighted by Crippen LogP contribution is 2.22. The van der Waals surface area contributed by atoms with Crippen LogP contribution in [0.25, 0.3) is 0 Å². The number of likely N-dealkylation sites (N-methyl/N-ethyl adjacent to an activating group) is 1. The average Bonchev–Trinajstić information content (AvgIpc) is 2.79. The second-order valence-electron chi connectivity index (χ2n) is 6.97. The maximum absolute atomic E-state index is 12.7. The summed E-state index contributed by atoms with van der Waals surface area (Å²) in [6.45, 7) is 5.49. The van der Waals surface area contributed by atoms with Gasteiger partial charge in [-0.15, -0.1) is 0 Å². The highest BCUT2D eigenvalue weighted by atomic mass is 16.5. The number of carbonyl (C=O) groups excluding carboxylic acids is 2. The highest BCUT2D eigenvalue weighted by molar-refractivity contribution is 5.94. The molecular formula is C21H28N6O3. The second-order valence-corrected chi connectivity index (χ2v) is 6.97. The fourth-order valence-corrected chi connectivity index (χ4v) is 3.32. The van der Waals surface area contributed by atoms with Crippen LogP contribution in [0, 0.1) is 0 Å². The summed E-state index contributed by atoms with van der Waals surface area (Å²) in [5.74, 6) is 1.13. The molecule has 1 saturated heterocycles. The predicted octanol–water partition coefficient (Wildman–Crippen LogP) is 1.09. The number of ether oxygens (including phenoxy) is 1. The molecule has 1 N–H and O–H groups in total. The summed E-state index contributed by atoms with van der Waals surface area (Å²) in [4.78, 5) is 39.5. The van der Waals surface area contributed by atoms with Crippen LogP contribution in [-0.2, 0) is 9.59 Å². The molecular weight excluding hydrogens is 384 g/mol.